The molecule has 0 aliphatic carbocycles. The molecule has 0 aliphatic heterocycles. The fourth-order valence-corrected chi connectivity index (χ4v) is 1.87. The van der Waals surface area contributed by atoms with E-state index in [0.717, 1.165) is 10.8 Å². The number of hydrogen-bond acceptors (Lipinski definition) is 5. The Balaban J connectivity index is 2.16. The topological polar surface area (TPSA) is 55.6 Å². The summed E-state index contributed by atoms with van der Waals surface area (Å²) in [6.07, 6.45) is 0. The minimum atomic E-state index is 0.429. The van der Waals surface area contributed by atoms with Gasteiger partial charge in [-0.25, -0.2) is 0 Å². The second kappa shape index (κ2) is 4.50. The van der Waals surface area contributed by atoms with Gasteiger partial charge in [-0.1, -0.05) is 13.8 Å². The van der Waals surface area contributed by atoms with E-state index in [0.29, 0.717) is 12.6 Å². The first-order valence-electron chi connectivity index (χ1n) is 4.82. The van der Waals surface area contributed by atoms with Crippen LogP contribution in [0.1, 0.15) is 19.7 Å². The average molecular weight is 223 g/mol. The highest BCUT2D eigenvalue weighted by Crippen LogP contribution is 2.14. The molecule has 0 bridgehead atoms. The van der Waals surface area contributed by atoms with E-state index in [1.54, 1.807) is 16.0 Å². The van der Waals surface area contributed by atoms with Crippen molar-refractivity contribution in [3.05, 3.63) is 23.3 Å². The van der Waals surface area contributed by atoms with E-state index in [1.165, 1.54) is 0 Å². The van der Waals surface area contributed by atoms with Crippen LogP contribution in [0.5, 0.6) is 0 Å². The molecule has 0 radical (unpaired) electrons. The lowest BCUT2D eigenvalue weighted by Gasteiger charge is -2.06. The van der Waals surface area contributed by atoms with Gasteiger partial charge in [-0.2, -0.15) is 4.68 Å². The Morgan fingerprint density at radius 3 is 3.07 bits per heavy atom. The lowest BCUT2D eigenvalue weighted by atomic mass is 10.4. The van der Waals surface area contributed by atoms with E-state index in [4.69, 9.17) is 0 Å². The molecule has 0 spiro atoms. The monoisotopic (exact) mass is 223 g/mol. The first-order chi connectivity index (χ1) is 7.27. The summed E-state index contributed by atoms with van der Waals surface area (Å²) in [4.78, 5) is 0. The number of thiophene rings is 1. The molecular weight excluding hydrogens is 210 g/mol. The van der Waals surface area contributed by atoms with Crippen molar-refractivity contribution >= 4 is 11.3 Å². The zero-order valence-electron chi connectivity index (χ0n) is 8.71. The SMILES string of the molecule is CC(C)NCc1nnnn1-c1cccs1. The maximum atomic E-state index is 3.99. The maximum Gasteiger partial charge on any atom is 0.171 e. The fourth-order valence-electron chi connectivity index (χ4n) is 1.17. The molecule has 1 N–H and O–H groups in total. The summed E-state index contributed by atoms with van der Waals surface area (Å²) in [5.74, 6) is 0.839. The van der Waals surface area contributed by atoms with Crippen molar-refractivity contribution < 1.29 is 0 Å². The van der Waals surface area contributed by atoms with Crippen molar-refractivity contribution in [2.45, 2.75) is 26.4 Å². The Morgan fingerprint density at radius 1 is 1.53 bits per heavy atom. The van der Waals surface area contributed by atoms with Gasteiger partial charge in [0.05, 0.1) is 6.54 Å². The number of hydrogen-bond donors (Lipinski definition) is 1. The normalized spacial score (nSPS) is 11.1. The number of tetrazole rings is 1. The molecule has 2 heterocycles. The van der Waals surface area contributed by atoms with E-state index in [-0.39, 0.29) is 0 Å². The van der Waals surface area contributed by atoms with Crippen molar-refractivity contribution in [1.29, 1.82) is 0 Å². The first kappa shape index (κ1) is 10.3. The molecule has 80 valence electrons. The molecule has 0 unspecified atom stereocenters. The van der Waals surface area contributed by atoms with Crippen LogP contribution in [-0.2, 0) is 6.54 Å². The van der Waals surface area contributed by atoms with Gasteiger partial charge in [0.1, 0.15) is 5.00 Å². The largest absolute Gasteiger partial charge is 0.308 e. The summed E-state index contributed by atoms with van der Waals surface area (Å²) in [6, 6.07) is 4.42. The molecule has 0 atom stereocenters. The molecule has 2 aromatic heterocycles. The van der Waals surface area contributed by atoms with Gasteiger partial charge in [-0.15, -0.1) is 16.4 Å². The molecule has 0 aromatic carbocycles. The summed E-state index contributed by atoms with van der Waals surface area (Å²) in [7, 11) is 0. The molecular formula is C9H13N5S. The highest BCUT2D eigenvalue weighted by molar-refractivity contribution is 7.12. The van der Waals surface area contributed by atoms with E-state index in [1.807, 2.05) is 17.5 Å². The van der Waals surface area contributed by atoms with Gasteiger partial charge < -0.3 is 5.32 Å². The Kier molecular flexibility index (Phi) is 3.08. The first-order valence-corrected chi connectivity index (χ1v) is 5.70. The van der Waals surface area contributed by atoms with Gasteiger partial charge in [0, 0.05) is 6.04 Å². The van der Waals surface area contributed by atoms with Crippen LogP contribution in [0.25, 0.3) is 5.00 Å². The second-order valence-electron chi connectivity index (χ2n) is 3.49. The summed E-state index contributed by atoms with van der Waals surface area (Å²) in [6.45, 7) is 4.88. The van der Waals surface area contributed by atoms with E-state index < -0.39 is 0 Å². The third-order valence-corrected chi connectivity index (χ3v) is 2.76. The van der Waals surface area contributed by atoms with E-state index in [9.17, 15) is 0 Å². The molecule has 0 aliphatic rings. The minimum Gasteiger partial charge on any atom is -0.308 e. The van der Waals surface area contributed by atoms with Gasteiger partial charge in [0.15, 0.2) is 5.82 Å². The number of nitrogens with one attached hydrogen (secondary N) is 1. The van der Waals surface area contributed by atoms with Crippen LogP contribution in [0.2, 0.25) is 0 Å². The number of rotatable bonds is 4. The second-order valence-corrected chi connectivity index (χ2v) is 4.42. The van der Waals surface area contributed by atoms with Crippen molar-refractivity contribution in [3.63, 3.8) is 0 Å². The zero-order chi connectivity index (χ0) is 10.7. The van der Waals surface area contributed by atoms with E-state index in [2.05, 4.69) is 34.7 Å². The van der Waals surface area contributed by atoms with Crippen LogP contribution in [-0.4, -0.2) is 26.2 Å². The van der Waals surface area contributed by atoms with Crippen LogP contribution in [0.4, 0.5) is 0 Å². The van der Waals surface area contributed by atoms with Crippen molar-refractivity contribution in [2.75, 3.05) is 0 Å². The van der Waals surface area contributed by atoms with Crippen LogP contribution < -0.4 is 5.32 Å². The average Bonchev–Trinajstić information content (AvgIpc) is 2.85. The standard InChI is InChI=1S/C9H13N5S/c1-7(2)10-6-8-11-12-13-14(8)9-4-3-5-15-9/h3-5,7,10H,6H2,1-2H3. The summed E-state index contributed by atoms with van der Waals surface area (Å²) < 4.78 is 1.76. The number of nitrogens with zero attached hydrogens (tertiary/aromatic N) is 4. The molecule has 2 aromatic rings. The molecule has 5 nitrogen and oxygen atoms in total. The zero-order valence-corrected chi connectivity index (χ0v) is 9.53. The van der Waals surface area contributed by atoms with Crippen molar-refractivity contribution in [3.8, 4) is 5.00 Å². The van der Waals surface area contributed by atoms with Gasteiger partial charge in [0.2, 0.25) is 0 Å². The summed E-state index contributed by atoms with van der Waals surface area (Å²) in [5.41, 5.74) is 0. The molecule has 0 saturated heterocycles. The third kappa shape index (κ3) is 2.40. The van der Waals surface area contributed by atoms with Gasteiger partial charge in [0.25, 0.3) is 0 Å². The van der Waals surface area contributed by atoms with Gasteiger partial charge >= 0.3 is 0 Å². The van der Waals surface area contributed by atoms with Crippen LogP contribution in [0.3, 0.4) is 0 Å². The lowest BCUT2D eigenvalue weighted by molar-refractivity contribution is 0.564. The predicted molar refractivity (Wildman–Crippen MR) is 59.0 cm³/mol. The van der Waals surface area contributed by atoms with Gasteiger partial charge in [-0.05, 0) is 27.9 Å². The van der Waals surface area contributed by atoms with Crippen molar-refractivity contribution in [2.24, 2.45) is 0 Å². The summed E-state index contributed by atoms with van der Waals surface area (Å²) in [5, 5.41) is 18.0. The Hall–Kier alpha value is -1.27. The van der Waals surface area contributed by atoms with E-state index >= 15 is 0 Å². The maximum absolute atomic E-state index is 3.99. The fraction of sp³-hybridized carbons (Fsp3) is 0.444. The Labute approximate surface area is 92.1 Å². The lowest BCUT2D eigenvalue weighted by Crippen LogP contribution is -2.23. The number of aromatic nitrogens is 4. The smallest absolute Gasteiger partial charge is 0.171 e. The molecule has 0 amide bonds. The van der Waals surface area contributed by atoms with Crippen LogP contribution in [0, 0.1) is 0 Å². The molecule has 6 heteroatoms. The molecule has 0 saturated carbocycles. The molecule has 2 rings (SSSR count). The Morgan fingerprint density at radius 2 is 2.40 bits per heavy atom. The van der Waals surface area contributed by atoms with Crippen LogP contribution in [0.15, 0.2) is 17.5 Å². The quantitative estimate of drug-likeness (QED) is 0.846. The van der Waals surface area contributed by atoms with Crippen LogP contribution >= 0.6 is 11.3 Å². The molecule has 15 heavy (non-hydrogen) atoms. The highest BCUT2D eigenvalue weighted by atomic mass is 32.1. The highest BCUT2D eigenvalue weighted by Gasteiger charge is 2.08. The van der Waals surface area contributed by atoms with Crippen molar-refractivity contribution in [1.82, 2.24) is 25.5 Å². The predicted octanol–water partition coefficient (Wildman–Crippen LogP) is 1.22. The third-order valence-electron chi connectivity index (χ3n) is 1.92. The van der Waals surface area contributed by atoms with Gasteiger partial charge in [-0.3, -0.25) is 0 Å². The summed E-state index contributed by atoms with van der Waals surface area (Å²) >= 11 is 1.62. The Bertz CT molecular complexity index is 406. The molecule has 0 fully saturated rings. The minimum absolute atomic E-state index is 0.429.